The molecule has 10 heteroatoms. The van der Waals surface area contributed by atoms with Crippen molar-refractivity contribution in [1.29, 1.82) is 0 Å². The van der Waals surface area contributed by atoms with Crippen molar-refractivity contribution in [1.82, 2.24) is 9.55 Å². The molecule has 0 spiro atoms. The first-order valence-electron chi connectivity index (χ1n) is 5.72. The number of nitrogens with two attached hydrogens (primary N) is 1. The molecule has 0 amide bonds. The van der Waals surface area contributed by atoms with E-state index in [0.29, 0.717) is 0 Å². The summed E-state index contributed by atoms with van der Waals surface area (Å²) in [5, 5.41) is 10.2. The molecule has 0 aliphatic carbocycles. The Hall–Kier alpha value is -0.400. The standard InChI is InChI=1S/C10H14IN3O5S/c1-10(12)7(16)5(4-18-20-11)19-8(10)14-3-2-6(15)13-9(14)17/h2-3,5,7-8,16H,4,12H2,1H3,(H,13,15,17)/t5-,7-,8-,10-/m1/s1. The molecule has 0 saturated carbocycles. The molecule has 1 saturated heterocycles. The Bertz CT molecular complexity index is 589. The Balaban J connectivity index is 2.32. The van der Waals surface area contributed by atoms with Crippen molar-refractivity contribution in [3.05, 3.63) is 33.1 Å². The van der Waals surface area contributed by atoms with Gasteiger partial charge in [-0.2, -0.15) is 0 Å². The van der Waals surface area contributed by atoms with Crippen LogP contribution in [0.5, 0.6) is 0 Å². The maximum atomic E-state index is 11.8. The van der Waals surface area contributed by atoms with Gasteiger partial charge in [-0.05, 0) is 6.92 Å². The molecule has 0 aromatic carbocycles. The molecule has 4 N–H and O–H groups in total. The minimum absolute atomic E-state index is 0.135. The number of aliphatic hydroxyl groups excluding tert-OH is 1. The van der Waals surface area contributed by atoms with Crippen molar-refractivity contribution in [2.45, 2.75) is 30.9 Å². The van der Waals surface area contributed by atoms with Crippen LogP contribution in [-0.4, -0.2) is 39.0 Å². The summed E-state index contributed by atoms with van der Waals surface area (Å²) in [7, 11) is 1.11. The van der Waals surface area contributed by atoms with E-state index in [1.54, 1.807) is 6.92 Å². The van der Waals surface area contributed by atoms with Crippen LogP contribution in [0.4, 0.5) is 0 Å². The smallest absolute Gasteiger partial charge is 0.330 e. The number of ether oxygens (including phenoxy) is 1. The van der Waals surface area contributed by atoms with Crippen molar-refractivity contribution in [3.63, 3.8) is 0 Å². The molecule has 2 rings (SSSR count). The monoisotopic (exact) mass is 415 g/mol. The van der Waals surface area contributed by atoms with Crippen LogP contribution >= 0.6 is 30.4 Å². The predicted octanol–water partition coefficient (Wildman–Crippen LogP) is -0.473. The topological polar surface area (TPSA) is 120 Å². The lowest BCUT2D eigenvalue weighted by molar-refractivity contribution is -0.0411. The van der Waals surface area contributed by atoms with E-state index in [-0.39, 0.29) is 6.61 Å². The van der Waals surface area contributed by atoms with Crippen molar-refractivity contribution in [2.24, 2.45) is 5.73 Å². The van der Waals surface area contributed by atoms with Gasteiger partial charge in [-0.25, -0.2) is 4.79 Å². The van der Waals surface area contributed by atoms with E-state index in [1.165, 1.54) is 12.3 Å². The fourth-order valence-corrected chi connectivity index (χ4v) is 2.76. The average molecular weight is 415 g/mol. The predicted molar refractivity (Wildman–Crippen MR) is 81.4 cm³/mol. The number of rotatable bonds is 4. The molecular weight excluding hydrogens is 401 g/mol. The zero-order valence-corrected chi connectivity index (χ0v) is 13.5. The zero-order chi connectivity index (χ0) is 14.9. The van der Waals surface area contributed by atoms with E-state index in [2.05, 4.69) is 4.98 Å². The fourth-order valence-electron chi connectivity index (χ4n) is 2.13. The second kappa shape index (κ2) is 6.15. The normalized spacial score (nSPS) is 33.5. The summed E-state index contributed by atoms with van der Waals surface area (Å²) in [4.78, 5) is 25.0. The second-order valence-electron chi connectivity index (χ2n) is 4.70. The van der Waals surface area contributed by atoms with Gasteiger partial charge in [0.15, 0.2) is 6.23 Å². The number of nitrogens with zero attached hydrogens (tertiary/aromatic N) is 1. The first-order chi connectivity index (χ1) is 9.37. The summed E-state index contributed by atoms with van der Waals surface area (Å²) in [6.07, 6.45) is -1.26. The number of hydrogen-bond donors (Lipinski definition) is 3. The number of hydrogen-bond acceptors (Lipinski definition) is 7. The van der Waals surface area contributed by atoms with Gasteiger partial charge in [0.1, 0.15) is 12.2 Å². The van der Waals surface area contributed by atoms with Gasteiger partial charge >= 0.3 is 5.69 Å². The highest BCUT2D eigenvalue weighted by molar-refractivity contribution is 14.2. The number of H-pyrrole nitrogens is 1. The highest BCUT2D eigenvalue weighted by atomic mass is 127. The van der Waals surface area contributed by atoms with Crippen LogP contribution in [0.2, 0.25) is 0 Å². The molecule has 1 aromatic rings. The summed E-state index contributed by atoms with van der Waals surface area (Å²) < 4.78 is 11.9. The minimum Gasteiger partial charge on any atom is -0.388 e. The molecule has 112 valence electrons. The number of nitrogens with one attached hydrogen (secondary N) is 1. The van der Waals surface area contributed by atoms with E-state index in [1.807, 2.05) is 21.2 Å². The third kappa shape index (κ3) is 2.94. The Labute approximate surface area is 130 Å². The van der Waals surface area contributed by atoms with Gasteiger partial charge in [0.05, 0.1) is 21.4 Å². The largest absolute Gasteiger partial charge is 0.388 e. The molecular formula is C10H14IN3O5S. The summed E-state index contributed by atoms with van der Waals surface area (Å²) in [6.45, 7) is 1.72. The Kier molecular flexibility index (Phi) is 4.92. The summed E-state index contributed by atoms with van der Waals surface area (Å²) in [5.74, 6) is 0. The highest BCUT2D eigenvalue weighted by Gasteiger charge is 2.52. The van der Waals surface area contributed by atoms with E-state index in [0.717, 1.165) is 13.8 Å². The van der Waals surface area contributed by atoms with Crippen LogP contribution in [0.15, 0.2) is 21.9 Å². The molecule has 4 atom stereocenters. The summed E-state index contributed by atoms with van der Waals surface area (Å²) in [6, 6.07) is 1.19. The van der Waals surface area contributed by atoms with E-state index < -0.39 is 35.2 Å². The van der Waals surface area contributed by atoms with Crippen molar-refractivity contribution in [3.8, 4) is 0 Å². The van der Waals surface area contributed by atoms with E-state index >= 15 is 0 Å². The third-order valence-corrected chi connectivity index (χ3v) is 4.19. The Morgan fingerprint density at radius 3 is 3.00 bits per heavy atom. The highest BCUT2D eigenvalue weighted by Crippen LogP contribution is 2.36. The first-order valence-corrected chi connectivity index (χ1v) is 9.00. The minimum atomic E-state index is -1.19. The molecule has 0 unspecified atom stereocenters. The summed E-state index contributed by atoms with van der Waals surface area (Å²) >= 11 is 1.95. The lowest BCUT2D eigenvalue weighted by atomic mass is 9.93. The van der Waals surface area contributed by atoms with Crippen LogP contribution in [0.1, 0.15) is 13.2 Å². The molecule has 1 aromatic heterocycles. The first kappa shape index (κ1) is 16.0. The van der Waals surface area contributed by atoms with E-state index in [4.69, 9.17) is 14.7 Å². The quantitative estimate of drug-likeness (QED) is 0.449. The second-order valence-corrected chi connectivity index (χ2v) is 6.14. The van der Waals surface area contributed by atoms with Crippen molar-refractivity contribution >= 4 is 30.4 Å². The van der Waals surface area contributed by atoms with Crippen LogP contribution in [0.25, 0.3) is 0 Å². The molecule has 0 radical (unpaired) electrons. The van der Waals surface area contributed by atoms with Gasteiger partial charge in [-0.1, -0.05) is 0 Å². The molecule has 1 aliphatic heterocycles. The fraction of sp³-hybridized carbons (Fsp3) is 0.600. The molecule has 1 fully saturated rings. The van der Waals surface area contributed by atoms with Gasteiger partial charge in [-0.3, -0.25) is 14.3 Å². The van der Waals surface area contributed by atoms with Gasteiger partial charge in [-0.15, -0.1) is 0 Å². The van der Waals surface area contributed by atoms with Crippen LogP contribution in [0.3, 0.4) is 0 Å². The van der Waals surface area contributed by atoms with Gasteiger partial charge in [0.2, 0.25) is 0 Å². The average Bonchev–Trinajstić information content (AvgIpc) is 2.60. The molecule has 0 bridgehead atoms. The maximum absolute atomic E-state index is 11.8. The van der Waals surface area contributed by atoms with Crippen LogP contribution in [-0.2, 0) is 8.92 Å². The van der Waals surface area contributed by atoms with Gasteiger partial charge < -0.3 is 19.8 Å². The number of aliphatic hydroxyl groups is 1. The molecule has 8 nitrogen and oxygen atoms in total. The molecule has 2 heterocycles. The number of aromatic nitrogens is 2. The number of halogens is 1. The Morgan fingerprint density at radius 1 is 1.70 bits per heavy atom. The zero-order valence-electron chi connectivity index (χ0n) is 10.5. The lowest BCUT2D eigenvalue weighted by Gasteiger charge is -2.28. The maximum Gasteiger partial charge on any atom is 0.330 e. The Morgan fingerprint density at radius 2 is 2.40 bits per heavy atom. The third-order valence-electron chi connectivity index (χ3n) is 3.21. The van der Waals surface area contributed by atoms with Gasteiger partial charge in [0, 0.05) is 33.5 Å². The number of aromatic amines is 1. The van der Waals surface area contributed by atoms with E-state index in [9.17, 15) is 14.7 Å². The van der Waals surface area contributed by atoms with Crippen molar-refractivity contribution in [2.75, 3.05) is 6.61 Å². The molecule has 20 heavy (non-hydrogen) atoms. The SMILES string of the molecule is C[C@@]1(N)[C@H](O)[C@@H](COSI)O[C@H]1n1ccc(=O)[nH]c1=O. The van der Waals surface area contributed by atoms with Gasteiger partial charge in [0.25, 0.3) is 5.56 Å². The summed E-state index contributed by atoms with van der Waals surface area (Å²) in [5.41, 5.74) is 3.74. The van der Waals surface area contributed by atoms with Crippen LogP contribution in [0, 0.1) is 0 Å². The van der Waals surface area contributed by atoms with Crippen molar-refractivity contribution < 1.29 is 14.0 Å². The van der Waals surface area contributed by atoms with Crippen LogP contribution < -0.4 is 17.0 Å². The lowest BCUT2D eigenvalue weighted by Crippen LogP contribution is -2.53. The molecule has 1 aliphatic rings.